The molecule has 0 amide bonds. The molecule has 2 rings (SSSR count). The molecule has 4 nitrogen and oxygen atoms in total. The largest absolute Gasteiger partial charge is 0.872 e. The van der Waals surface area contributed by atoms with Gasteiger partial charge in [-0.05, 0) is 6.07 Å². The summed E-state index contributed by atoms with van der Waals surface area (Å²) in [5.74, 6) is -1.62. The molecule has 0 aliphatic heterocycles. The zero-order valence-corrected chi connectivity index (χ0v) is 12.6. The summed E-state index contributed by atoms with van der Waals surface area (Å²) in [6, 6.07) is 16.1. The van der Waals surface area contributed by atoms with Gasteiger partial charge in [-0.1, -0.05) is 54.3 Å². The molecular formula is C17H21NO3. The van der Waals surface area contributed by atoms with Crippen LogP contribution in [0.4, 0.5) is 0 Å². The SMILES string of the molecule is C[N+](C)(C)Cc1ccccc1.O=C(O)c1ccccc1[O-]. The van der Waals surface area contributed by atoms with Crippen LogP contribution in [-0.2, 0) is 6.54 Å². The zero-order chi connectivity index (χ0) is 15.9. The number of carboxylic acid groups (broad SMARTS) is 1. The maximum Gasteiger partial charge on any atom is 0.335 e. The molecule has 2 aromatic rings. The van der Waals surface area contributed by atoms with Gasteiger partial charge in [-0.15, -0.1) is 0 Å². The van der Waals surface area contributed by atoms with E-state index < -0.39 is 11.7 Å². The van der Waals surface area contributed by atoms with Crippen LogP contribution in [0.3, 0.4) is 0 Å². The molecule has 112 valence electrons. The Morgan fingerprint density at radius 1 is 1.00 bits per heavy atom. The van der Waals surface area contributed by atoms with Crippen LogP contribution in [0.2, 0.25) is 0 Å². The lowest BCUT2D eigenvalue weighted by atomic mass is 10.2. The highest BCUT2D eigenvalue weighted by Gasteiger charge is 2.06. The van der Waals surface area contributed by atoms with E-state index in [0.29, 0.717) is 0 Å². The first-order valence-electron chi connectivity index (χ1n) is 6.63. The van der Waals surface area contributed by atoms with Crippen LogP contribution in [0.15, 0.2) is 54.6 Å². The Kier molecular flexibility index (Phi) is 5.93. The molecule has 0 bridgehead atoms. The third-order valence-corrected chi connectivity index (χ3v) is 2.62. The van der Waals surface area contributed by atoms with Gasteiger partial charge in [0.1, 0.15) is 6.54 Å². The molecule has 0 unspecified atom stereocenters. The second-order valence-electron chi connectivity index (χ2n) is 5.74. The van der Waals surface area contributed by atoms with Crippen LogP contribution in [0.1, 0.15) is 15.9 Å². The summed E-state index contributed by atoms with van der Waals surface area (Å²) in [6.45, 7) is 1.10. The van der Waals surface area contributed by atoms with Gasteiger partial charge in [0.15, 0.2) is 0 Å². The quantitative estimate of drug-likeness (QED) is 0.882. The average Bonchev–Trinajstić information content (AvgIpc) is 2.39. The van der Waals surface area contributed by atoms with Crippen molar-refractivity contribution in [2.24, 2.45) is 0 Å². The molecule has 1 N–H and O–H groups in total. The molecule has 0 spiro atoms. The van der Waals surface area contributed by atoms with E-state index >= 15 is 0 Å². The van der Waals surface area contributed by atoms with Crippen molar-refractivity contribution in [3.05, 3.63) is 65.7 Å². The Balaban J connectivity index is 0.000000211. The van der Waals surface area contributed by atoms with Gasteiger partial charge in [0.25, 0.3) is 0 Å². The second kappa shape index (κ2) is 7.45. The van der Waals surface area contributed by atoms with Gasteiger partial charge in [-0.25, -0.2) is 4.79 Å². The van der Waals surface area contributed by atoms with Crippen LogP contribution >= 0.6 is 0 Å². The Bertz CT molecular complexity index is 574. The summed E-state index contributed by atoms with van der Waals surface area (Å²) < 4.78 is 0.990. The van der Waals surface area contributed by atoms with Crippen molar-refractivity contribution < 1.29 is 19.5 Å². The highest BCUT2D eigenvalue weighted by molar-refractivity contribution is 5.90. The monoisotopic (exact) mass is 287 g/mol. The molecule has 0 aliphatic rings. The predicted octanol–water partition coefficient (Wildman–Crippen LogP) is 2.35. The maximum absolute atomic E-state index is 10.7. The summed E-state index contributed by atoms with van der Waals surface area (Å²) in [7, 11) is 6.60. The summed E-state index contributed by atoms with van der Waals surface area (Å²) in [6.07, 6.45) is 0. The zero-order valence-electron chi connectivity index (χ0n) is 12.6. The average molecular weight is 287 g/mol. The van der Waals surface area contributed by atoms with Gasteiger partial charge < -0.3 is 14.7 Å². The first kappa shape index (κ1) is 16.7. The van der Waals surface area contributed by atoms with Crippen molar-refractivity contribution in [1.29, 1.82) is 0 Å². The summed E-state index contributed by atoms with van der Waals surface area (Å²) in [5, 5.41) is 19.0. The van der Waals surface area contributed by atoms with E-state index in [0.717, 1.165) is 11.0 Å². The topological polar surface area (TPSA) is 60.4 Å². The smallest absolute Gasteiger partial charge is 0.335 e. The molecule has 21 heavy (non-hydrogen) atoms. The number of hydrogen-bond acceptors (Lipinski definition) is 2. The Labute approximate surface area is 125 Å². The third kappa shape index (κ3) is 6.58. The third-order valence-electron chi connectivity index (χ3n) is 2.62. The molecule has 0 aromatic heterocycles. The number of aromatic carboxylic acids is 1. The molecule has 0 heterocycles. The van der Waals surface area contributed by atoms with Crippen LogP contribution < -0.4 is 5.11 Å². The van der Waals surface area contributed by atoms with Gasteiger partial charge >= 0.3 is 5.97 Å². The van der Waals surface area contributed by atoms with E-state index in [9.17, 15) is 9.90 Å². The minimum absolute atomic E-state index is 0.178. The number of benzene rings is 2. The summed E-state index contributed by atoms with van der Waals surface area (Å²) in [5.41, 5.74) is 1.22. The first-order chi connectivity index (χ1) is 9.79. The number of nitrogens with zero attached hydrogens (tertiary/aromatic N) is 1. The van der Waals surface area contributed by atoms with E-state index in [-0.39, 0.29) is 5.56 Å². The van der Waals surface area contributed by atoms with E-state index in [2.05, 4.69) is 51.5 Å². The van der Waals surface area contributed by atoms with Gasteiger partial charge in [-0.3, -0.25) is 0 Å². The van der Waals surface area contributed by atoms with E-state index in [1.54, 1.807) is 0 Å². The Morgan fingerprint density at radius 2 is 1.52 bits per heavy atom. The highest BCUT2D eigenvalue weighted by Crippen LogP contribution is 2.10. The van der Waals surface area contributed by atoms with Crippen molar-refractivity contribution in [2.45, 2.75) is 6.54 Å². The molecular weight excluding hydrogens is 266 g/mol. The summed E-state index contributed by atoms with van der Waals surface area (Å²) >= 11 is 0. The van der Waals surface area contributed by atoms with Gasteiger partial charge in [0, 0.05) is 5.56 Å². The maximum atomic E-state index is 10.7. The highest BCUT2D eigenvalue weighted by atomic mass is 16.4. The van der Waals surface area contributed by atoms with E-state index in [1.807, 2.05) is 0 Å². The molecule has 0 saturated carbocycles. The van der Waals surface area contributed by atoms with Crippen molar-refractivity contribution in [3.8, 4) is 5.75 Å². The fourth-order valence-corrected chi connectivity index (χ4v) is 1.77. The van der Waals surface area contributed by atoms with Crippen molar-refractivity contribution in [3.63, 3.8) is 0 Å². The number of carbonyl (C=O) groups is 1. The van der Waals surface area contributed by atoms with Crippen LogP contribution in [0.5, 0.6) is 5.75 Å². The van der Waals surface area contributed by atoms with E-state index in [4.69, 9.17) is 5.11 Å². The Morgan fingerprint density at radius 3 is 1.95 bits per heavy atom. The lowest BCUT2D eigenvalue weighted by molar-refractivity contribution is -0.884. The standard InChI is InChI=1S/C10H16N.C7H6O3/c1-11(2,3)9-10-7-5-4-6-8-10;8-6-4-2-1-3-5(6)7(9)10/h4-8H,9H2,1-3H3;1-4,8H,(H,9,10)/q+1;/p-1. The first-order valence-corrected chi connectivity index (χ1v) is 6.63. The second-order valence-corrected chi connectivity index (χ2v) is 5.74. The molecule has 0 atom stereocenters. The minimum Gasteiger partial charge on any atom is -0.872 e. The van der Waals surface area contributed by atoms with Crippen LogP contribution in [-0.4, -0.2) is 36.7 Å². The molecule has 0 aliphatic carbocycles. The molecule has 4 heteroatoms. The van der Waals surface area contributed by atoms with E-state index in [1.165, 1.54) is 29.8 Å². The fourth-order valence-electron chi connectivity index (χ4n) is 1.77. The molecule has 0 fully saturated rings. The van der Waals surface area contributed by atoms with Gasteiger partial charge in [0.05, 0.1) is 26.7 Å². The lowest BCUT2D eigenvalue weighted by Crippen LogP contribution is -2.33. The number of rotatable bonds is 3. The predicted molar refractivity (Wildman–Crippen MR) is 81.0 cm³/mol. The van der Waals surface area contributed by atoms with Gasteiger partial charge in [0.2, 0.25) is 0 Å². The van der Waals surface area contributed by atoms with Crippen molar-refractivity contribution >= 4 is 5.97 Å². The lowest BCUT2D eigenvalue weighted by Gasteiger charge is -2.23. The van der Waals surface area contributed by atoms with Crippen molar-refractivity contribution in [2.75, 3.05) is 21.1 Å². The van der Waals surface area contributed by atoms with Crippen LogP contribution in [0, 0.1) is 0 Å². The number of carboxylic acids is 1. The number of para-hydroxylation sites is 1. The Hall–Kier alpha value is -2.33. The summed E-state index contributed by atoms with van der Waals surface area (Å²) in [4.78, 5) is 10.2. The minimum atomic E-state index is -1.18. The fraction of sp³-hybridized carbons (Fsp3) is 0.235. The molecule has 0 radical (unpaired) electrons. The molecule has 2 aromatic carbocycles. The van der Waals surface area contributed by atoms with Gasteiger partial charge in [-0.2, -0.15) is 0 Å². The van der Waals surface area contributed by atoms with Crippen molar-refractivity contribution in [1.82, 2.24) is 0 Å². The van der Waals surface area contributed by atoms with Crippen LogP contribution in [0.25, 0.3) is 0 Å². The molecule has 0 saturated heterocycles. The number of hydrogen-bond donors (Lipinski definition) is 1. The normalized spacial score (nSPS) is 10.4. The number of quaternary nitrogens is 1.